The first-order valence-corrected chi connectivity index (χ1v) is 10.6. The summed E-state index contributed by atoms with van der Waals surface area (Å²) in [5.41, 5.74) is 1.14. The quantitative estimate of drug-likeness (QED) is 0.425. The van der Waals surface area contributed by atoms with E-state index in [9.17, 15) is 26.7 Å². The molecule has 2 N–H and O–H groups in total. The fourth-order valence-electron chi connectivity index (χ4n) is 3.63. The molecule has 2 atom stereocenters. The standard InChI is InChI=1S/C25H24F5N3O/c1-15-3-10-20(27)19(13-15)21(11-4-16-5-12-22(32-14-16)25(28,29)30)33-23(24(34)31-2)17-6-8-18(26)9-7-17/h3,5-10,12-14,21,23,33H,4,11H2,1-2H3,(H,31,34)/t21-,23?/m1/s1. The fraction of sp³-hybridized carbons (Fsp3) is 0.280. The number of pyridine rings is 1. The van der Waals surface area contributed by atoms with E-state index in [0.29, 0.717) is 16.7 Å². The molecule has 0 fully saturated rings. The lowest BCUT2D eigenvalue weighted by molar-refractivity contribution is -0.141. The number of rotatable bonds is 8. The molecule has 0 radical (unpaired) electrons. The third-order valence-corrected chi connectivity index (χ3v) is 5.44. The minimum atomic E-state index is -4.54. The van der Waals surface area contributed by atoms with Gasteiger partial charge in [-0.2, -0.15) is 13.2 Å². The monoisotopic (exact) mass is 477 g/mol. The van der Waals surface area contributed by atoms with Gasteiger partial charge in [0.2, 0.25) is 5.91 Å². The Morgan fingerprint density at radius 2 is 1.74 bits per heavy atom. The molecule has 0 bridgehead atoms. The summed E-state index contributed by atoms with van der Waals surface area (Å²) in [5.74, 6) is -1.35. The predicted molar refractivity (Wildman–Crippen MR) is 118 cm³/mol. The summed E-state index contributed by atoms with van der Waals surface area (Å²) in [5, 5.41) is 5.71. The number of carbonyl (C=O) groups excluding carboxylic acids is 1. The Balaban J connectivity index is 1.90. The number of carbonyl (C=O) groups is 1. The summed E-state index contributed by atoms with van der Waals surface area (Å²) in [6.07, 6.45) is -2.85. The summed E-state index contributed by atoms with van der Waals surface area (Å²) in [6.45, 7) is 1.80. The summed E-state index contributed by atoms with van der Waals surface area (Å²) >= 11 is 0. The molecular formula is C25H24F5N3O. The number of nitrogens with one attached hydrogen (secondary N) is 2. The van der Waals surface area contributed by atoms with Crippen molar-refractivity contribution in [1.82, 2.24) is 15.6 Å². The minimum absolute atomic E-state index is 0.266. The van der Waals surface area contributed by atoms with Gasteiger partial charge in [-0.3, -0.25) is 15.1 Å². The zero-order chi connectivity index (χ0) is 24.9. The number of nitrogens with zero attached hydrogens (tertiary/aromatic N) is 1. The maximum absolute atomic E-state index is 14.8. The molecule has 0 spiro atoms. The predicted octanol–water partition coefficient (Wildman–Crippen LogP) is 5.44. The Kier molecular flexibility index (Phi) is 7.98. The van der Waals surface area contributed by atoms with Crippen LogP contribution < -0.4 is 10.6 Å². The number of aryl methyl sites for hydroxylation is 2. The smallest absolute Gasteiger partial charge is 0.358 e. The maximum Gasteiger partial charge on any atom is 0.433 e. The molecular weight excluding hydrogens is 453 g/mol. The molecule has 0 aliphatic carbocycles. The van der Waals surface area contributed by atoms with E-state index in [1.165, 1.54) is 43.4 Å². The van der Waals surface area contributed by atoms with Crippen LogP contribution >= 0.6 is 0 Å². The summed E-state index contributed by atoms with van der Waals surface area (Å²) < 4.78 is 66.6. The highest BCUT2D eigenvalue weighted by atomic mass is 19.4. The van der Waals surface area contributed by atoms with Gasteiger partial charge in [0.15, 0.2) is 0 Å². The first-order chi connectivity index (χ1) is 16.1. The van der Waals surface area contributed by atoms with E-state index in [4.69, 9.17) is 0 Å². The van der Waals surface area contributed by atoms with Crippen LogP contribution in [-0.2, 0) is 17.4 Å². The fourth-order valence-corrected chi connectivity index (χ4v) is 3.63. The van der Waals surface area contributed by atoms with Gasteiger partial charge in [-0.25, -0.2) is 8.78 Å². The van der Waals surface area contributed by atoms with E-state index in [-0.39, 0.29) is 12.8 Å². The number of benzene rings is 2. The van der Waals surface area contributed by atoms with Crippen molar-refractivity contribution in [3.63, 3.8) is 0 Å². The molecule has 0 saturated heterocycles. The molecule has 1 heterocycles. The van der Waals surface area contributed by atoms with E-state index in [1.807, 2.05) is 0 Å². The molecule has 1 unspecified atom stereocenters. The van der Waals surface area contributed by atoms with Crippen LogP contribution in [0.3, 0.4) is 0 Å². The van der Waals surface area contributed by atoms with Gasteiger partial charge in [0, 0.05) is 24.8 Å². The van der Waals surface area contributed by atoms with Crippen LogP contribution in [0.4, 0.5) is 22.0 Å². The van der Waals surface area contributed by atoms with Crippen molar-refractivity contribution in [3.8, 4) is 0 Å². The number of likely N-dealkylation sites (N-methyl/N-ethyl adjacent to an activating group) is 1. The Morgan fingerprint density at radius 3 is 2.32 bits per heavy atom. The lowest BCUT2D eigenvalue weighted by Crippen LogP contribution is -2.38. The zero-order valence-corrected chi connectivity index (χ0v) is 18.6. The van der Waals surface area contributed by atoms with Crippen molar-refractivity contribution in [2.24, 2.45) is 0 Å². The molecule has 4 nitrogen and oxygen atoms in total. The zero-order valence-electron chi connectivity index (χ0n) is 18.6. The SMILES string of the molecule is CNC(=O)C(N[C@H](CCc1ccc(C(F)(F)F)nc1)c1cc(C)ccc1F)c1ccc(F)cc1. The molecule has 180 valence electrons. The first kappa shape index (κ1) is 25.3. The molecule has 3 rings (SSSR count). The highest BCUT2D eigenvalue weighted by molar-refractivity contribution is 5.83. The maximum atomic E-state index is 14.8. The topological polar surface area (TPSA) is 54.0 Å². The number of amides is 1. The van der Waals surface area contributed by atoms with Crippen molar-refractivity contribution in [2.45, 2.75) is 38.0 Å². The Labute approximate surface area is 194 Å². The molecule has 0 saturated carbocycles. The van der Waals surface area contributed by atoms with Gasteiger partial charge in [-0.15, -0.1) is 0 Å². The van der Waals surface area contributed by atoms with Crippen molar-refractivity contribution < 1.29 is 26.7 Å². The number of hydrogen-bond donors (Lipinski definition) is 2. The second kappa shape index (κ2) is 10.7. The van der Waals surface area contributed by atoms with Gasteiger partial charge in [0.05, 0.1) is 0 Å². The number of halogens is 5. The van der Waals surface area contributed by atoms with Crippen LogP contribution in [0.1, 0.15) is 46.5 Å². The average molecular weight is 477 g/mol. The van der Waals surface area contributed by atoms with E-state index in [1.54, 1.807) is 19.1 Å². The van der Waals surface area contributed by atoms with Crippen LogP contribution in [-0.4, -0.2) is 17.9 Å². The number of alkyl halides is 3. The van der Waals surface area contributed by atoms with Crippen molar-refractivity contribution in [3.05, 3.63) is 100 Å². The Bertz CT molecular complexity index is 1110. The van der Waals surface area contributed by atoms with Crippen molar-refractivity contribution >= 4 is 5.91 Å². The van der Waals surface area contributed by atoms with Crippen LogP contribution in [0.2, 0.25) is 0 Å². The first-order valence-electron chi connectivity index (χ1n) is 10.6. The Hall–Kier alpha value is -3.33. The van der Waals surface area contributed by atoms with E-state index in [2.05, 4.69) is 15.6 Å². The molecule has 3 aromatic rings. The number of aromatic nitrogens is 1. The molecule has 9 heteroatoms. The van der Waals surface area contributed by atoms with E-state index in [0.717, 1.165) is 17.8 Å². The molecule has 1 amide bonds. The van der Waals surface area contributed by atoms with Gasteiger partial charge in [-0.05, 0) is 55.2 Å². The molecule has 0 aliphatic heterocycles. The number of hydrogen-bond acceptors (Lipinski definition) is 3. The average Bonchev–Trinajstić information content (AvgIpc) is 2.81. The van der Waals surface area contributed by atoms with Gasteiger partial charge in [-0.1, -0.05) is 35.9 Å². The highest BCUT2D eigenvalue weighted by Crippen LogP contribution is 2.29. The highest BCUT2D eigenvalue weighted by Gasteiger charge is 2.32. The summed E-state index contributed by atoms with van der Waals surface area (Å²) in [6, 6.07) is 10.6. The lowest BCUT2D eigenvalue weighted by Gasteiger charge is -2.26. The summed E-state index contributed by atoms with van der Waals surface area (Å²) in [4.78, 5) is 16.1. The molecule has 34 heavy (non-hydrogen) atoms. The second-order valence-corrected chi connectivity index (χ2v) is 7.93. The molecule has 0 aliphatic rings. The lowest BCUT2D eigenvalue weighted by atomic mass is 9.95. The van der Waals surface area contributed by atoms with Crippen LogP contribution in [0, 0.1) is 18.6 Å². The van der Waals surface area contributed by atoms with E-state index >= 15 is 0 Å². The normalized spacial score (nSPS) is 13.4. The van der Waals surface area contributed by atoms with Gasteiger partial charge in [0.1, 0.15) is 23.4 Å². The van der Waals surface area contributed by atoms with Crippen molar-refractivity contribution in [2.75, 3.05) is 7.05 Å². The van der Waals surface area contributed by atoms with Crippen molar-refractivity contribution in [1.29, 1.82) is 0 Å². The second-order valence-electron chi connectivity index (χ2n) is 7.93. The largest absolute Gasteiger partial charge is 0.433 e. The van der Waals surface area contributed by atoms with Gasteiger partial charge >= 0.3 is 6.18 Å². The van der Waals surface area contributed by atoms with Crippen LogP contribution in [0.15, 0.2) is 60.8 Å². The third kappa shape index (κ3) is 6.38. The molecule has 1 aromatic heterocycles. The Morgan fingerprint density at radius 1 is 1.03 bits per heavy atom. The summed E-state index contributed by atoms with van der Waals surface area (Å²) in [7, 11) is 1.46. The van der Waals surface area contributed by atoms with E-state index < -0.39 is 41.5 Å². The minimum Gasteiger partial charge on any atom is -0.358 e. The van der Waals surface area contributed by atoms with Gasteiger partial charge < -0.3 is 5.32 Å². The van der Waals surface area contributed by atoms with Crippen LogP contribution in [0.25, 0.3) is 0 Å². The third-order valence-electron chi connectivity index (χ3n) is 5.44. The van der Waals surface area contributed by atoms with Crippen LogP contribution in [0.5, 0.6) is 0 Å². The van der Waals surface area contributed by atoms with Gasteiger partial charge in [0.25, 0.3) is 0 Å². The molecule has 2 aromatic carbocycles.